The van der Waals surface area contributed by atoms with E-state index in [4.69, 9.17) is 9.47 Å². The van der Waals surface area contributed by atoms with Crippen molar-refractivity contribution in [2.45, 2.75) is 13.0 Å². The summed E-state index contributed by atoms with van der Waals surface area (Å²) in [7, 11) is 3.28. The van der Waals surface area contributed by atoms with Crippen molar-refractivity contribution >= 4 is 23.3 Å². The molecule has 2 rings (SSSR count). The van der Waals surface area contributed by atoms with E-state index in [2.05, 4.69) is 10.6 Å². The summed E-state index contributed by atoms with van der Waals surface area (Å²) >= 11 is 0. The third-order valence-electron chi connectivity index (χ3n) is 3.43. The van der Waals surface area contributed by atoms with Crippen LogP contribution in [-0.2, 0) is 9.53 Å². The van der Waals surface area contributed by atoms with Crippen molar-refractivity contribution in [3.8, 4) is 5.75 Å². The maximum absolute atomic E-state index is 12.2. The molecule has 126 valence electrons. The Labute approximate surface area is 140 Å². The van der Waals surface area contributed by atoms with Gasteiger partial charge in [0.05, 0.1) is 12.7 Å². The summed E-state index contributed by atoms with van der Waals surface area (Å²) in [6.45, 7) is 1.53. The van der Waals surface area contributed by atoms with Gasteiger partial charge in [-0.3, -0.25) is 4.79 Å². The van der Waals surface area contributed by atoms with Gasteiger partial charge in [-0.15, -0.1) is 0 Å². The molecule has 0 unspecified atom stereocenters. The third kappa shape index (κ3) is 4.25. The number of amides is 1. The van der Waals surface area contributed by atoms with Crippen LogP contribution in [0.15, 0.2) is 48.5 Å². The van der Waals surface area contributed by atoms with Gasteiger partial charge in [0.15, 0.2) is 6.10 Å². The molecule has 6 nitrogen and oxygen atoms in total. The summed E-state index contributed by atoms with van der Waals surface area (Å²) in [5.74, 6) is -0.274. The molecule has 24 heavy (non-hydrogen) atoms. The summed E-state index contributed by atoms with van der Waals surface area (Å²) < 4.78 is 10.3. The average molecular weight is 328 g/mol. The summed E-state index contributed by atoms with van der Waals surface area (Å²) in [5, 5.41) is 5.61. The van der Waals surface area contributed by atoms with Crippen molar-refractivity contribution in [2.75, 3.05) is 24.8 Å². The van der Waals surface area contributed by atoms with E-state index in [0.717, 1.165) is 0 Å². The molecule has 0 bridgehead atoms. The second kappa shape index (κ2) is 8.01. The average Bonchev–Trinajstić information content (AvgIpc) is 2.62. The Hall–Kier alpha value is -3.02. The molecule has 0 aliphatic heterocycles. The Bertz CT molecular complexity index is 713. The zero-order valence-corrected chi connectivity index (χ0v) is 13.8. The van der Waals surface area contributed by atoms with Crippen LogP contribution >= 0.6 is 0 Å². The first-order chi connectivity index (χ1) is 11.5. The highest BCUT2D eigenvalue weighted by atomic mass is 16.5. The van der Waals surface area contributed by atoms with E-state index in [-0.39, 0.29) is 0 Å². The number of benzene rings is 2. The summed E-state index contributed by atoms with van der Waals surface area (Å²) in [4.78, 5) is 24.4. The summed E-state index contributed by atoms with van der Waals surface area (Å²) in [5.41, 5.74) is 1.62. The molecule has 0 saturated heterocycles. The fourth-order valence-electron chi connectivity index (χ4n) is 2.07. The van der Waals surface area contributed by atoms with Gasteiger partial charge in [-0.05, 0) is 43.3 Å². The van der Waals surface area contributed by atoms with E-state index in [1.165, 1.54) is 6.92 Å². The van der Waals surface area contributed by atoms with Crippen LogP contribution in [0, 0.1) is 0 Å². The minimum Gasteiger partial charge on any atom is -0.497 e. The predicted molar refractivity (Wildman–Crippen MR) is 92.5 cm³/mol. The Morgan fingerprint density at radius 2 is 1.71 bits per heavy atom. The molecule has 2 aromatic carbocycles. The lowest BCUT2D eigenvalue weighted by molar-refractivity contribution is -0.123. The van der Waals surface area contributed by atoms with Crippen LogP contribution in [-0.4, -0.2) is 32.1 Å². The highest BCUT2D eigenvalue weighted by Crippen LogP contribution is 2.18. The number of esters is 1. The van der Waals surface area contributed by atoms with Crippen molar-refractivity contribution in [1.29, 1.82) is 0 Å². The van der Waals surface area contributed by atoms with E-state index in [0.29, 0.717) is 22.7 Å². The predicted octanol–water partition coefficient (Wildman–Crippen LogP) is 2.92. The molecule has 0 aliphatic carbocycles. The number of carbonyl (C=O) groups excluding carboxylic acids is 2. The normalized spacial score (nSPS) is 11.3. The van der Waals surface area contributed by atoms with E-state index < -0.39 is 18.0 Å². The number of methoxy groups -OCH3 is 1. The lowest BCUT2D eigenvalue weighted by Crippen LogP contribution is -2.30. The molecule has 1 atom stereocenters. The van der Waals surface area contributed by atoms with Crippen molar-refractivity contribution in [2.24, 2.45) is 0 Å². The van der Waals surface area contributed by atoms with Gasteiger partial charge in [-0.25, -0.2) is 4.79 Å². The Kier molecular flexibility index (Phi) is 5.78. The molecule has 0 aromatic heterocycles. The number of anilines is 2. The third-order valence-corrected chi connectivity index (χ3v) is 3.43. The van der Waals surface area contributed by atoms with E-state index in [1.54, 1.807) is 56.6 Å². The monoisotopic (exact) mass is 328 g/mol. The smallest absolute Gasteiger partial charge is 0.341 e. The van der Waals surface area contributed by atoms with Crippen LogP contribution < -0.4 is 15.4 Å². The lowest BCUT2D eigenvalue weighted by atomic mass is 10.2. The Morgan fingerprint density at radius 3 is 2.33 bits per heavy atom. The number of hydrogen-bond acceptors (Lipinski definition) is 5. The number of ether oxygens (including phenoxy) is 2. The van der Waals surface area contributed by atoms with Gasteiger partial charge in [-0.2, -0.15) is 0 Å². The SMILES string of the molecule is CNc1ccccc1C(=O)O[C@H](C)C(=O)Nc1ccc(OC)cc1. The molecule has 0 aliphatic rings. The highest BCUT2D eigenvalue weighted by Gasteiger charge is 2.20. The van der Waals surface area contributed by atoms with Gasteiger partial charge in [0.2, 0.25) is 0 Å². The molecule has 2 aromatic rings. The number of rotatable bonds is 6. The minimum atomic E-state index is -0.926. The maximum Gasteiger partial charge on any atom is 0.341 e. The quantitative estimate of drug-likeness (QED) is 0.797. The number of nitrogens with one attached hydrogen (secondary N) is 2. The van der Waals surface area contributed by atoms with Gasteiger partial charge in [0.1, 0.15) is 5.75 Å². The molecule has 0 spiro atoms. The zero-order chi connectivity index (χ0) is 17.5. The van der Waals surface area contributed by atoms with Crippen LogP contribution in [0.2, 0.25) is 0 Å². The zero-order valence-electron chi connectivity index (χ0n) is 13.8. The first-order valence-corrected chi connectivity index (χ1v) is 7.48. The second-order valence-corrected chi connectivity index (χ2v) is 5.06. The molecule has 0 heterocycles. The van der Waals surface area contributed by atoms with Crippen LogP contribution in [0.3, 0.4) is 0 Å². The molecule has 0 saturated carbocycles. The topological polar surface area (TPSA) is 76.7 Å². The van der Waals surface area contributed by atoms with Gasteiger partial charge in [0, 0.05) is 18.4 Å². The Balaban J connectivity index is 1.98. The van der Waals surface area contributed by atoms with E-state index >= 15 is 0 Å². The van der Waals surface area contributed by atoms with Crippen molar-refractivity contribution < 1.29 is 19.1 Å². The van der Waals surface area contributed by atoms with Crippen LogP contribution in [0.1, 0.15) is 17.3 Å². The molecular formula is C18H20N2O4. The lowest BCUT2D eigenvalue weighted by Gasteiger charge is -2.15. The fraction of sp³-hybridized carbons (Fsp3) is 0.222. The molecule has 6 heteroatoms. The van der Waals surface area contributed by atoms with Crippen molar-refractivity contribution in [1.82, 2.24) is 0 Å². The molecule has 2 N–H and O–H groups in total. The minimum absolute atomic E-state index is 0.379. The maximum atomic E-state index is 12.2. The Morgan fingerprint density at radius 1 is 1.04 bits per heavy atom. The molecular weight excluding hydrogens is 308 g/mol. The molecule has 0 fully saturated rings. The van der Waals surface area contributed by atoms with Crippen LogP contribution in [0.5, 0.6) is 5.75 Å². The van der Waals surface area contributed by atoms with Gasteiger partial charge in [0.25, 0.3) is 5.91 Å². The van der Waals surface area contributed by atoms with Crippen molar-refractivity contribution in [3.63, 3.8) is 0 Å². The fourth-order valence-corrected chi connectivity index (χ4v) is 2.07. The molecule has 0 radical (unpaired) electrons. The van der Waals surface area contributed by atoms with E-state index in [1.807, 2.05) is 6.07 Å². The van der Waals surface area contributed by atoms with Crippen molar-refractivity contribution in [3.05, 3.63) is 54.1 Å². The van der Waals surface area contributed by atoms with Gasteiger partial charge >= 0.3 is 5.97 Å². The van der Waals surface area contributed by atoms with Crippen LogP contribution in [0.4, 0.5) is 11.4 Å². The number of hydrogen-bond donors (Lipinski definition) is 2. The molecule has 1 amide bonds. The van der Waals surface area contributed by atoms with E-state index in [9.17, 15) is 9.59 Å². The first-order valence-electron chi connectivity index (χ1n) is 7.48. The second-order valence-electron chi connectivity index (χ2n) is 5.06. The largest absolute Gasteiger partial charge is 0.497 e. The number of carbonyl (C=O) groups is 2. The van der Waals surface area contributed by atoms with Crippen LogP contribution in [0.25, 0.3) is 0 Å². The van der Waals surface area contributed by atoms with Gasteiger partial charge in [-0.1, -0.05) is 12.1 Å². The number of para-hydroxylation sites is 1. The summed E-state index contributed by atoms with van der Waals surface area (Å²) in [6.07, 6.45) is -0.926. The van der Waals surface area contributed by atoms with Gasteiger partial charge < -0.3 is 20.1 Å². The summed E-state index contributed by atoms with van der Waals surface area (Å²) in [6, 6.07) is 13.8. The highest BCUT2D eigenvalue weighted by molar-refractivity contribution is 5.99. The first kappa shape index (κ1) is 17.3. The standard InChI is InChI=1S/C18H20N2O4/c1-12(17(21)20-13-8-10-14(23-3)11-9-13)24-18(22)15-6-4-5-7-16(15)19-2/h4-12,19H,1-3H3,(H,20,21)/t12-/m1/s1.